The topological polar surface area (TPSA) is 86.4 Å². The Morgan fingerprint density at radius 3 is 2.28 bits per heavy atom. The number of benzene rings is 3. The van der Waals surface area contributed by atoms with Gasteiger partial charge in [-0.05, 0) is 49.7 Å². The maximum Gasteiger partial charge on any atom is 0.255 e. The summed E-state index contributed by atoms with van der Waals surface area (Å²) >= 11 is 19.5. The number of nitrogens with one attached hydrogen (secondary N) is 1. The van der Waals surface area contributed by atoms with E-state index in [0.29, 0.717) is 32.0 Å². The first kappa shape index (κ1) is 26.0. The number of para-hydroxylation sites is 1. The average molecular weight is 545 g/mol. The van der Waals surface area contributed by atoms with Gasteiger partial charge in [0.15, 0.2) is 0 Å². The molecule has 1 amide bonds. The third-order valence-corrected chi connectivity index (χ3v) is 6.49. The van der Waals surface area contributed by atoms with Crippen molar-refractivity contribution in [2.24, 2.45) is 5.73 Å². The number of carbonyl (C=O) groups excluding carboxylic acids is 1. The van der Waals surface area contributed by atoms with Crippen LogP contribution in [0.15, 0.2) is 71.5 Å². The summed E-state index contributed by atoms with van der Waals surface area (Å²) in [5.74, 6) is 0.185. The van der Waals surface area contributed by atoms with Crippen LogP contribution in [-0.2, 0) is 4.79 Å². The molecule has 0 radical (unpaired) electrons. The van der Waals surface area contributed by atoms with Gasteiger partial charge in [-0.1, -0.05) is 59.1 Å². The van der Waals surface area contributed by atoms with Crippen LogP contribution in [-0.4, -0.2) is 29.2 Å². The van der Waals surface area contributed by atoms with Crippen molar-refractivity contribution in [3.05, 3.63) is 92.2 Å². The van der Waals surface area contributed by atoms with Crippen LogP contribution < -0.4 is 21.3 Å². The quantitative estimate of drug-likeness (QED) is 0.286. The summed E-state index contributed by atoms with van der Waals surface area (Å²) in [6.07, 6.45) is 0. The number of nitrogens with zero attached hydrogens (tertiary/aromatic N) is 1. The van der Waals surface area contributed by atoms with Gasteiger partial charge in [-0.3, -0.25) is 14.2 Å². The van der Waals surface area contributed by atoms with Crippen molar-refractivity contribution in [1.29, 1.82) is 0 Å². The van der Waals surface area contributed by atoms with E-state index in [1.807, 2.05) is 24.3 Å². The Bertz CT molecular complexity index is 1490. The van der Waals surface area contributed by atoms with Gasteiger partial charge in [0, 0.05) is 28.1 Å². The highest BCUT2D eigenvalue weighted by Crippen LogP contribution is 2.38. The van der Waals surface area contributed by atoms with E-state index in [1.165, 1.54) is 10.6 Å². The fourth-order valence-corrected chi connectivity index (χ4v) is 4.60. The highest BCUT2D eigenvalue weighted by Gasteiger charge is 2.21. The first-order valence-electron chi connectivity index (χ1n) is 11.2. The van der Waals surface area contributed by atoms with Gasteiger partial charge in [0.05, 0.1) is 33.3 Å². The van der Waals surface area contributed by atoms with Gasteiger partial charge >= 0.3 is 0 Å². The number of hydrogen-bond acceptors (Lipinski definition) is 4. The van der Waals surface area contributed by atoms with Gasteiger partial charge in [0.1, 0.15) is 12.4 Å². The number of ether oxygens (including phenoxy) is 1. The average Bonchev–Trinajstić information content (AvgIpc) is 2.82. The number of carbonyl (C=O) groups is 1. The van der Waals surface area contributed by atoms with E-state index in [4.69, 9.17) is 45.3 Å². The number of rotatable bonds is 7. The molecule has 4 aromatic rings. The van der Waals surface area contributed by atoms with E-state index in [1.54, 1.807) is 50.2 Å². The number of aromatic nitrogens is 1. The van der Waals surface area contributed by atoms with Gasteiger partial charge in [-0.2, -0.15) is 0 Å². The van der Waals surface area contributed by atoms with Crippen LogP contribution >= 0.6 is 34.8 Å². The Morgan fingerprint density at radius 2 is 1.61 bits per heavy atom. The van der Waals surface area contributed by atoms with Gasteiger partial charge < -0.3 is 15.8 Å². The van der Waals surface area contributed by atoms with Crippen LogP contribution in [0.5, 0.6) is 5.75 Å². The molecule has 1 heterocycles. The smallest absolute Gasteiger partial charge is 0.255 e. The molecule has 9 heteroatoms. The standard InChI is InChI=1S/C27H24Cl3N3O3/c1-27(2,31)26(35)32-12-13-36-16-14-19(17-6-3-4-7-20(17)28)18-10-11-24(34)33(23(18)15-16)25-21(29)8-5-9-22(25)30/h3-11,14-15H,12-13,31H2,1-2H3,(H,32,35). The zero-order chi connectivity index (χ0) is 26.0. The molecule has 0 aliphatic carbocycles. The molecule has 0 bridgehead atoms. The largest absolute Gasteiger partial charge is 0.492 e. The van der Waals surface area contributed by atoms with Gasteiger partial charge in [-0.25, -0.2) is 0 Å². The minimum atomic E-state index is -0.996. The zero-order valence-electron chi connectivity index (χ0n) is 19.6. The van der Waals surface area contributed by atoms with Crippen LogP contribution in [0.3, 0.4) is 0 Å². The molecule has 3 aromatic carbocycles. The summed E-state index contributed by atoms with van der Waals surface area (Å²) in [7, 11) is 0. The predicted molar refractivity (Wildman–Crippen MR) is 147 cm³/mol. The predicted octanol–water partition coefficient (Wildman–Crippen LogP) is 5.85. The summed E-state index contributed by atoms with van der Waals surface area (Å²) in [5, 5.41) is 4.70. The molecular weight excluding hydrogens is 521 g/mol. The maximum atomic E-state index is 13.1. The first-order valence-corrected chi connectivity index (χ1v) is 12.3. The molecule has 0 saturated heterocycles. The van der Waals surface area contributed by atoms with E-state index in [0.717, 1.165) is 16.5 Å². The molecule has 3 N–H and O–H groups in total. The lowest BCUT2D eigenvalue weighted by molar-refractivity contribution is -0.125. The van der Waals surface area contributed by atoms with Crippen molar-refractivity contribution < 1.29 is 9.53 Å². The number of nitrogens with two attached hydrogens (primary N) is 1. The van der Waals surface area contributed by atoms with Crippen LogP contribution in [0.4, 0.5) is 0 Å². The SMILES string of the molecule is CC(C)(N)C(=O)NCCOc1cc(-c2ccccc2Cl)c2ccc(=O)n(-c3c(Cl)cccc3Cl)c2c1. The molecule has 0 atom stereocenters. The third kappa shape index (κ3) is 5.37. The van der Waals surface area contributed by atoms with Gasteiger partial charge in [0.2, 0.25) is 5.91 Å². The van der Waals surface area contributed by atoms with Crippen molar-refractivity contribution >= 4 is 51.6 Å². The Kier molecular flexibility index (Phi) is 7.62. The molecule has 1 aromatic heterocycles. The van der Waals surface area contributed by atoms with Crippen LogP contribution in [0.1, 0.15) is 13.8 Å². The van der Waals surface area contributed by atoms with E-state index < -0.39 is 5.54 Å². The number of hydrogen-bond donors (Lipinski definition) is 2. The minimum Gasteiger partial charge on any atom is -0.492 e. The highest BCUT2D eigenvalue weighted by molar-refractivity contribution is 6.38. The summed E-state index contributed by atoms with van der Waals surface area (Å²) in [6, 6.07) is 19.3. The molecule has 36 heavy (non-hydrogen) atoms. The van der Waals surface area contributed by atoms with Gasteiger partial charge in [0.25, 0.3) is 5.56 Å². The molecule has 4 rings (SSSR count). The van der Waals surface area contributed by atoms with Crippen molar-refractivity contribution in [2.45, 2.75) is 19.4 Å². The zero-order valence-corrected chi connectivity index (χ0v) is 21.9. The van der Waals surface area contributed by atoms with Crippen molar-refractivity contribution in [2.75, 3.05) is 13.2 Å². The minimum absolute atomic E-state index is 0.180. The number of halogens is 3. The summed E-state index contributed by atoms with van der Waals surface area (Å²) < 4.78 is 7.45. The second-order valence-corrected chi connectivity index (χ2v) is 10.0. The Hall–Kier alpha value is -3.03. The second kappa shape index (κ2) is 10.5. The monoisotopic (exact) mass is 543 g/mol. The van der Waals surface area contributed by atoms with Crippen molar-refractivity contribution in [3.8, 4) is 22.6 Å². The highest BCUT2D eigenvalue weighted by atomic mass is 35.5. The Balaban J connectivity index is 1.86. The molecule has 0 fully saturated rings. The van der Waals surface area contributed by atoms with Crippen molar-refractivity contribution in [1.82, 2.24) is 9.88 Å². The summed E-state index contributed by atoms with van der Waals surface area (Å²) in [6.45, 7) is 3.68. The molecule has 0 aliphatic rings. The number of fused-ring (bicyclic) bond motifs is 1. The third-order valence-electron chi connectivity index (χ3n) is 5.55. The fraction of sp³-hybridized carbons (Fsp3) is 0.185. The first-order chi connectivity index (χ1) is 17.1. The van der Waals surface area contributed by atoms with Crippen molar-refractivity contribution in [3.63, 3.8) is 0 Å². The summed E-state index contributed by atoms with van der Waals surface area (Å²) in [4.78, 5) is 25.2. The van der Waals surface area contributed by atoms with E-state index >= 15 is 0 Å². The molecule has 186 valence electrons. The molecule has 0 saturated carbocycles. The fourth-order valence-electron chi connectivity index (χ4n) is 3.80. The number of amides is 1. The molecule has 0 unspecified atom stereocenters. The lowest BCUT2D eigenvalue weighted by Gasteiger charge is -2.19. The maximum absolute atomic E-state index is 13.1. The molecule has 6 nitrogen and oxygen atoms in total. The van der Waals surface area contributed by atoms with E-state index in [9.17, 15) is 9.59 Å². The lowest BCUT2D eigenvalue weighted by atomic mass is 9.99. The van der Waals surface area contributed by atoms with Crippen LogP contribution in [0, 0.1) is 0 Å². The van der Waals surface area contributed by atoms with E-state index in [2.05, 4.69) is 5.32 Å². The lowest BCUT2D eigenvalue weighted by Crippen LogP contribution is -2.49. The summed E-state index contributed by atoms with van der Waals surface area (Å²) in [5.41, 5.74) is 6.96. The van der Waals surface area contributed by atoms with Gasteiger partial charge in [-0.15, -0.1) is 0 Å². The molecule has 0 aliphatic heterocycles. The van der Waals surface area contributed by atoms with Crippen LogP contribution in [0.2, 0.25) is 15.1 Å². The Labute approximate surface area is 223 Å². The molecule has 0 spiro atoms. The number of pyridine rings is 1. The second-order valence-electron chi connectivity index (χ2n) is 8.79. The normalized spacial score (nSPS) is 11.5. The van der Waals surface area contributed by atoms with E-state index in [-0.39, 0.29) is 24.6 Å². The Morgan fingerprint density at radius 1 is 0.944 bits per heavy atom. The molecular formula is C27H24Cl3N3O3. The van der Waals surface area contributed by atoms with Crippen LogP contribution in [0.25, 0.3) is 27.7 Å².